The molecule has 1 aromatic carbocycles. The van der Waals surface area contributed by atoms with Crippen LogP contribution in [0.1, 0.15) is 5.56 Å². The Morgan fingerprint density at radius 2 is 2.29 bits per heavy atom. The van der Waals surface area contributed by atoms with E-state index in [-0.39, 0.29) is 11.7 Å². The van der Waals surface area contributed by atoms with Gasteiger partial charge in [0, 0.05) is 6.54 Å². The molecule has 1 aromatic heterocycles. The predicted octanol–water partition coefficient (Wildman–Crippen LogP) is 0.451. The fraction of sp³-hybridized carbons (Fsp3) is 0.308. The SMILES string of the molecule is COc1ccccc1CCNC(=O)CSc1nncn1N. The van der Waals surface area contributed by atoms with Crippen LogP contribution in [0.4, 0.5) is 0 Å². The molecule has 0 aliphatic rings. The van der Waals surface area contributed by atoms with Gasteiger partial charge in [-0.1, -0.05) is 30.0 Å². The van der Waals surface area contributed by atoms with E-state index in [1.807, 2.05) is 24.3 Å². The summed E-state index contributed by atoms with van der Waals surface area (Å²) in [5.74, 6) is 6.57. The van der Waals surface area contributed by atoms with Crippen LogP contribution in [0.25, 0.3) is 0 Å². The normalized spacial score (nSPS) is 10.3. The van der Waals surface area contributed by atoms with Gasteiger partial charge in [0.15, 0.2) is 0 Å². The maximum atomic E-state index is 11.7. The molecule has 1 heterocycles. The summed E-state index contributed by atoms with van der Waals surface area (Å²) < 4.78 is 6.55. The number of para-hydroxylation sites is 1. The number of amides is 1. The van der Waals surface area contributed by atoms with E-state index in [0.29, 0.717) is 18.1 Å². The lowest BCUT2D eigenvalue weighted by Gasteiger charge is -2.08. The monoisotopic (exact) mass is 307 g/mol. The van der Waals surface area contributed by atoms with Gasteiger partial charge in [0.1, 0.15) is 12.1 Å². The molecule has 8 heteroatoms. The first-order valence-corrected chi connectivity index (χ1v) is 7.35. The summed E-state index contributed by atoms with van der Waals surface area (Å²) in [5, 5.41) is 10.8. The van der Waals surface area contributed by atoms with Crippen molar-refractivity contribution in [1.29, 1.82) is 0 Å². The van der Waals surface area contributed by atoms with Crippen LogP contribution < -0.4 is 15.9 Å². The first kappa shape index (κ1) is 15.2. The molecule has 0 bridgehead atoms. The maximum Gasteiger partial charge on any atom is 0.230 e. The van der Waals surface area contributed by atoms with Crippen molar-refractivity contribution in [1.82, 2.24) is 20.2 Å². The minimum atomic E-state index is -0.0714. The number of nitrogens with two attached hydrogens (primary N) is 1. The highest BCUT2D eigenvalue weighted by molar-refractivity contribution is 7.99. The zero-order valence-corrected chi connectivity index (χ0v) is 12.5. The van der Waals surface area contributed by atoms with E-state index in [1.165, 1.54) is 22.8 Å². The third-order valence-corrected chi connectivity index (χ3v) is 3.74. The van der Waals surface area contributed by atoms with Crippen LogP contribution in [0, 0.1) is 0 Å². The number of ether oxygens (including phenoxy) is 1. The molecule has 0 saturated heterocycles. The van der Waals surface area contributed by atoms with Crippen molar-refractivity contribution >= 4 is 17.7 Å². The molecule has 3 N–H and O–H groups in total. The van der Waals surface area contributed by atoms with Crippen LogP contribution in [-0.2, 0) is 11.2 Å². The van der Waals surface area contributed by atoms with Crippen molar-refractivity contribution in [3.63, 3.8) is 0 Å². The van der Waals surface area contributed by atoms with E-state index < -0.39 is 0 Å². The van der Waals surface area contributed by atoms with Gasteiger partial charge in [0.05, 0.1) is 12.9 Å². The Balaban J connectivity index is 1.73. The molecule has 0 atom stereocenters. The zero-order valence-electron chi connectivity index (χ0n) is 11.7. The van der Waals surface area contributed by atoms with Gasteiger partial charge in [-0.2, -0.15) is 0 Å². The Bertz CT molecular complexity index is 602. The number of thioether (sulfide) groups is 1. The van der Waals surface area contributed by atoms with Crippen LogP contribution in [-0.4, -0.2) is 40.2 Å². The molecule has 2 rings (SSSR count). The molecule has 1 amide bonds. The molecule has 7 nitrogen and oxygen atoms in total. The zero-order chi connectivity index (χ0) is 15.1. The number of benzene rings is 1. The Hall–Kier alpha value is -2.22. The van der Waals surface area contributed by atoms with Gasteiger partial charge in [0.2, 0.25) is 11.1 Å². The topological polar surface area (TPSA) is 95.1 Å². The third-order valence-electron chi connectivity index (χ3n) is 2.78. The highest BCUT2D eigenvalue weighted by Gasteiger charge is 2.07. The Kier molecular flexibility index (Phi) is 5.44. The Morgan fingerprint density at radius 3 is 3.00 bits per heavy atom. The average Bonchev–Trinajstić information content (AvgIpc) is 2.91. The molecule has 0 unspecified atom stereocenters. The number of nitrogen functional groups attached to an aromatic ring is 1. The second-order valence-electron chi connectivity index (χ2n) is 4.22. The van der Waals surface area contributed by atoms with Crippen molar-refractivity contribution in [3.05, 3.63) is 36.2 Å². The molecule has 0 radical (unpaired) electrons. The first-order chi connectivity index (χ1) is 10.2. The number of methoxy groups -OCH3 is 1. The number of nitrogens with zero attached hydrogens (tertiary/aromatic N) is 3. The summed E-state index contributed by atoms with van der Waals surface area (Å²) in [4.78, 5) is 11.7. The summed E-state index contributed by atoms with van der Waals surface area (Å²) in [6, 6.07) is 7.75. The van der Waals surface area contributed by atoms with Crippen LogP contribution >= 0.6 is 11.8 Å². The lowest BCUT2D eigenvalue weighted by atomic mass is 10.1. The smallest absolute Gasteiger partial charge is 0.230 e. The second-order valence-corrected chi connectivity index (χ2v) is 5.16. The van der Waals surface area contributed by atoms with Gasteiger partial charge in [-0.3, -0.25) is 4.79 Å². The molecule has 112 valence electrons. The van der Waals surface area contributed by atoms with E-state index in [1.54, 1.807) is 7.11 Å². The molecule has 0 spiro atoms. The van der Waals surface area contributed by atoms with Crippen molar-refractivity contribution in [2.75, 3.05) is 25.3 Å². The molecule has 0 aliphatic heterocycles. The number of carbonyl (C=O) groups is 1. The minimum absolute atomic E-state index is 0.0714. The largest absolute Gasteiger partial charge is 0.496 e. The van der Waals surface area contributed by atoms with Crippen molar-refractivity contribution in [3.8, 4) is 5.75 Å². The second kappa shape index (κ2) is 7.53. The quantitative estimate of drug-likeness (QED) is 0.570. The van der Waals surface area contributed by atoms with Gasteiger partial charge in [-0.05, 0) is 18.1 Å². The highest BCUT2D eigenvalue weighted by atomic mass is 32.2. The molecular formula is C13H17N5O2S. The van der Waals surface area contributed by atoms with Crippen LogP contribution in [0.5, 0.6) is 5.75 Å². The van der Waals surface area contributed by atoms with Gasteiger partial charge >= 0.3 is 0 Å². The maximum absolute atomic E-state index is 11.7. The van der Waals surface area contributed by atoms with E-state index in [0.717, 1.165) is 11.3 Å². The highest BCUT2D eigenvalue weighted by Crippen LogP contribution is 2.17. The van der Waals surface area contributed by atoms with Gasteiger partial charge in [0.25, 0.3) is 0 Å². The summed E-state index contributed by atoms with van der Waals surface area (Å²) in [6.45, 7) is 0.551. The number of carbonyl (C=O) groups excluding carboxylic acids is 1. The molecule has 0 saturated carbocycles. The average molecular weight is 307 g/mol. The number of rotatable bonds is 7. The number of hydrogen-bond acceptors (Lipinski definition) is 6. The molecule has 2 aromatic rings. The Morgan fingerprint density at radius 1 is 1.48 bits per heavy atom. The van der Waals surface area contributed by atoms with Crippen LogP contribution in [0.15, 0.2) is 35.7 Å². The summed E-state index contributed by atoms with van der Waals surface area (Å²) >= 11 is 1.24. The molecule has 21 heavy (non-hydrogen) atoms. The minimum Gasteiger partial charge on any atom is -0.496 e. The summed E-state index contributed by atoms with van der Waals surface area (Å²) in [7, 11) is 1.64. The summed E-state index contributed by atoms with van der Waals surface area (Å²) in [6.07, 6.45) is 2.11. The fourth-order valence-electron chi connectivity index (χ4n) is 1.76. The molecular weight excluding hydrogens is 290 g/mol. The number of nitrogens with one attached hydrogen (secondary N) is 1. The molecule has 0 fully saturated rings. The van der Waals surface area contributed by atoms with E-state index in [4.69, 9.17) is 10.6 Å². The lowest BCUT2D eigenvalue weighted by Crippen LogP contribution is -2.27. The lowest BCUT2D eigenvalue weighted by molar-refractivity contribution is -0.118. The van der Waals surface area contributed by atoms with Crippen LogP contribution in [0.3, 0.4) is 0 Å². The van der Waals surface area contributed by atoms with Gasteiger partial charge < -0.3 is 15.9 Å². The Labute approximate surface area is 126 Å². The number of aromatic nitrogens is 3. The fourth-order valence-corrected chi connectivity index (χ4v) is 2.43. The van der Waals surface area contributed by atoms with Gasteiger partial charge in [-0.15, -0.1) is 10.2 Å². The predicted molar refractivity (Wildman–Crippen MR) is 80.6 cm³/mol. The van der Waals surface area contributed by atoms with E-state index in [2.05, 4.69) is 15.5 Å². The van der Waals surface area contributed by atoms with E-state index in [9.17, 15) is 4.79 Å². The van der Waals surface area contributed by atoms with Crippen molar-refractivity contribution < 1.29 is 9.53 Å². The van der Waals surface area contributed by atoms with E-state index >= 15 is 0 Å². The van der Waals surface area contributed by atoms with Crippen molar-refractivity contribution in [2.24, 2.45) is 0 Å². The molecule has 0 aliphatic carbocycles. The standard InChI is InChI=1S/C13H17N5O2S/c1-20-11-5-3-2-4-10(11)6-7-15-12(19)8-21-13-17-16-9-18(13)14/h2-5,9H,6-8,14H2,1H3,(H,15,19). The number of hydrogen-bond donors (Lipinski definition) is 2. The van der Waals surface area contributed by atoms with Gasteiger partial charge in [-0.25, -0.2) is 4.68 Å². The van der Waals surface area contributed by atoms with Crippen LogP contribution in [0.2, 0.25) is 0 Å². The first-order valence-electron chi connectivity index (χ1n) is 6.37. The summed E-state index contributed by atoms with van der Waals surface area (Å²) in [5.41, 5.74) is 1.06. The van der Waals surface area contributed by atoms with Crippen molar-refractivity contribution in [2.45, 2.75) is 11.6 Å². The third kappa shape index (κ3) is 4.38.